The molecule has 0 saturated heterocycles. The molecule has 15 heavy (non-hydrogen) atoms. The van der Waals surface area contributed by atoms with Gasteiger partial charge in [0.05, 0.1) is 0 Å². The van der Waals surface area contributed by atoms with Gasteiger partial charge < -0.3 is 11.5 Å². The summed E-state index contributed by atoms with van der Waals surface area (Å²) in [5, 5.41) is 0. The summed E-state index contributed by atoms with van der Waals surface area (Å²) < 4.78 is 0. The van der Waals surface area contributed by atoms with Crippen LogP contribution in [0.4, 0.5) is 11.6 Å². The van der Waals surface area contributed by atoms with Gasteiger partial charge in [0.25, 0.3) is 0 Å². The van der Waals surface area contributed by atoms with Crippen molar-refractivity contribution in [2.45, 2.75) is 6.42 Å². The molecule has 0 bridgehead atoms. The summed E-state index contributed by atoms with van der Waals surface area (Å²) in [7, 11) is 0. The van der Waals surface area contributed by atoms with E-state index in [9.17, 15) is 0 Å². The van der Waals surface area contributed by atoms with E-state index < -0.39 is 0 Å². The molecule has 0 aliphatic carbocycles. The third-order valence-electron chi connectivity index (χ3n) is 2.18. The quantitative estimate of drug-likeness (QED) is 0.775. The molecule has 1 heterocycles. The zero-order chi connectivity index (χ0) is 10.7. The summed E-state index contributed by atoms with van der Waals surface area (Å²) in [6.07, 6.45) is 0.831. The van der Waals surface area contributed by atoms with Crippen molar-refractivity contribution in [1.82, 2.24) is 4.98 Å². The first-order valence-electron chi connectivity index (χ1n) is 4.80. The van der Waals surface area contributed by atoms with Gasteiger partial charge in [0.2, 0.25) is 0 Å². The van der Waals surface area contributed by atoms with Crippen molar-refractivity contribution in [1.29, 1.82) is 0 Å². The second-order valence-electron chi connectivity index (χ2n) is 3.49. The van der Waals surface area contributed by atoms with Gasteiger partial charge in [0.1, 0.15) is 11.6 Å². The number of hydrogen-bond donors (Lipinski definition) is 2. The van der Waals surface area contributed by atoms with E-state index in [1.807, 2.05) is 30.3 Å². The maximum atomic E-state index is 5.62. The number of rotatable bonds is 2. The van der Waals surface area contributed by atoms with Crippen LogP contribution in [-0.2, 0) is 6.42 Å². The maximum absolute atomic E-state index is 5.62. The van der Waals surface area contributed by atoms with Crippen LogP contribution in [0.5, 0.6) is 0 Å². The van der Waals surface area contributed by atoms with Gasteiger partial charge in [-0.25, -0.2) is 4.98 Å². The molecule has 3 heteroatoms. The minimum absolute atomic E-state index is 0.473. The Morgan fingerprint density at radius 1 is 0.867 bits per heavy atom. The van der Waals surface area contributed by atoms with Crippen molar-refractivity contribution in [3.8, 4) is 0 Å². The molecule has 0 radical (unpaired) electrons. The van der Waals surface area contributed by atoms with Crippen molar-refractivity contribution >= 4 is 11.6 Å². The Morgan fingerprint density at radius 2 is 1.47 bits per heavy atom. The van der Waals surface area contributed by atoms with Crippen LogP contribution in [0.1, 0.15) is 11.1 Å². The third kappa shape index (κ3) is 2.47. The molecule has 76 valence electrons. The molecule has 0 saturated carbocycles. The SMILES string of the molecule is Nc1cc(Cc2ccccc2)cc(N)n1. The lowest BCUT2D eigenvalue weighted by Gasteiger charge is -2.04. The van der Waals surface area contributed by atoms with Gasteiger partial charge in [-0.05, 0) is 29.7 Å². The normalized spacial score (nSPS) is 10.1. The largest absolute Gasteiger partial charge is 0.384 e. The summed E-state index contributed by atoms with van der Waals surface area (Å²) in [5.74, 6) is 0.946. The minimum atomic E-state index is 0.473. The number of pyridine rings is 1. The summed E-state index contributed by atoms with van der Waals surface area (Å²) in [6.45, 7) is 0. The zero-order valence-corrected chi connectivity index (χ0v) is 8.35. The van der Waals surface area contributed by atoms with E-state index in [4.69, 9.17) is 11.5 Å². The Hall–Kier alpha value is -2.03. The topological polar surface area (TPSA) is 64.9 Å². The van der Waals surface area contributed by atoms with E-state index in [1.54, 1.807) is 0 Å². The van der Waals surface area contributed by atoms with Crippen LogP contribution in [0, 0.1) is 0 Å². The summed E-state index contributed by atoms with van der Waals surface area (Å²) in [5.41, 5.74) is 13.6. The van der Waals surface area contributed by atoms with E-state index in [0.29, 0.717) is 11.6 Å². The monoisotopic (exact) mass is 199 g/mol. The predicted octanol–water partition coefficient (Wildman–Crippen LogP) is 1.84. The van der Waals surface area contributed by atoms with Gasteiger partial charge in [0, 0.05) is 0 Å². The molecule has 0 aliphatic heterocycles. The third-order valence-corrected chi connectivity index (χ3v) is 2.18. The average Bonchev–Trinajstić information content (AvgIpc) is 2.17. The van der Waals surface area contributed by atoms with Crippen LogP contribution in [0.25, 0.3) is 0 Å². The molecular weight excluding hydrogens is 186 g/mol. The van der Waals surface area contributed by atoms with Gasteiger partial charge in [-0.15, -0.1) is 0 Å². The molecule has 0 aliphatic rings. The lowest BCUT2D eigenvalue weighted by molar-refractivity contribution is 1.17. The fourth-order valence-electron chi connectivity index (χ4n) is 1.57. The van der Waals surface area contributed by atoms with E-state index in [0.717, 1.165) is 12.0 Å². The number of aromatic nitrogens is 1. The molecule has 4 N–H and O–H groups in total. The van der Waals surface area contributed by atoms with E-state index in [1.165, 1.54) is 5.56 Å². The Labute approximate surface area is 88.8 Å². The standard InChI is InChI=1S/C12H13N3/c13-11-7-10(8-12(14)15-11)6-9-4-2-1-3-5-9/h1-5,7-8H,6H2,(H4,13,14,15). The Bertz CT molecular complexity index is 431. The molecule has 0 atom stereocenters. The smallest absolute Gasteiger partial charge is 0.126 e. The number of anilines is 2. The van der Waals surface area contributed by atoms with Gasteiger partial charge in [0.15, 0.2) is 0 Å². The number of nitrogens with zero attached hydrogens (tertiary/aromatic N) is 1. The van der Waals surface area contributed by atoms with Crippen molar-refractivity contribution < 1.29 is 0 Å². The second-order valence-corrected chi connectivity index (χ2v) is 3.49. The fourth-order valence-corrected chi connectivity index (χ4v) is 1.57. The fraction of sp³-hybridized carbons (Fsp3) is 0.0833. The molecular formula is C12H13N3. The van der Waals surface area contributed by atoms with Crippen LogP contribution < -0.4 is 11.5 Å². The van der Waals surface area contributed by atoms with Crippen molar-refractivity contribution in [2.75, 3.05) is 11.5 Å². The number of hydrogen-bond acceptors (Lipinski definition) is 3. The van der Waals surface area contributed by atoms with Crippen LogP contribution in [0.15, 0.2) is 42.5 Å². The maximum Gasteiger partial charge on any atom is 0.126 e. The van der Waals surface area contributed by atoms with Crippen LogP contribution in [0.2, 0.25) is 0 Å². The van der Waals surface area contributed by atoms with Crippen molar-refractivity contribution in [3.63, 3.8) is 0 Å². The van der Waals surface area contributed by atoms with Crippen LogP contribution >= 0.6 is 0 Å². The van der Waals surface area contributed by atoms with E-state index >= 15 is 0 Å². The number of benzene rings is 1. The van der Waals surface area contributed by atoms with E-state index in [2.05, 4.69) is 17.1 Å². The first-order valence-corrected chi connectivity index (χ1v) is 4.80. The highest BCUT2D eigenvalue weighted by Gasteiger charge is 1.99. The Balaban J connectivity index is 2.25. The van der Waals surface area contributed by atoms with Gasteiger partial charge >= 0.3 is 0 Å². The lowest BCUT2D eigenvalue weighted by atomic mass is 10.1. The first-order chi connectivity index (χ1) is 7.24. The zero-order valence-electron chi connectivity index (χ0n) is 8.35. The van der Waals surface area contributed by atoms with E-state index in [-0.39, 0.29) is 0 Å². The molecule has 2 aromatic rings. The van der Waals surface area contributed by atoms with Crippen LogP contribution in [-0.4, -0.2) is 4.98 Å². The molecule has 3 nitrogen and oxygen atoms in total. The predicted molar refractivity (Wildman–Crippen MR) is 62.3 cm³/mol. The highest BCUT2D eigenvalue weighted by atomic mass is 14.9. The summed E-state index contributed by atoms with van der Waals surface area (Å²) in [4.78, 5) is 3.93. The Kier molecular flexibility index (Phi) is 2.54. The van der Waals surface area contributed by atoms with Crippen molar-refractivity contribution in [2.24, 2.45) is 0 Å². The first kappa shape index (κ1) is 9.52. The number of nitrogens with two attached hydrogens (primary N) is 2. The summed E-state index contributed by atoms with van der Waals surface area (Å²) in [6, 6.07) is 13.9. The van der Waals surface area contributed by atoms with Gasteiger partial charge in [-0.1, -0.05) is 30.3 Å². The molecule has 0 amide bonds. The molecule has 2 rings (SSSR count). The highest BCUT2D eigenvalue weighted by Crippen LogP contribution is 2.13. The van der Waals surface area contributed by atoms with Gasteiger partial charge in [-0.3, -0.25) is 0 Å². The number of nitrogen functional groups attached to an aromatic ring is 2. The van der Waals surface area contributed by atoms with Gasteiger partial charge in [-0.2, -0.15) is 0 Å². The Morgan fingerprint density at radius 3 is 2.07 bits per heavy atom. The summed E-state index contributed by atoms with van der Waals surface area (Å²) >= 11 is 0. The molecule has 1 aromatic heterocycles. The highest BCUT2D eigenvalue weighted by molar-refractivity contribution is 5.44. The molecule has 0 spiro atoms. The average molecular weight is 199 g/mol. The minimum Gasteiger partial charge on any atom is -0.384 e. The molecule has 1 aromatic carbocycles. The van der Waals surface area contributed by atoms with Crippen molar-refractivity contribution in [3.05, 3.63) is 53.6 Å². The van der Waals surface area contributed by atoms with Crippen LogP contribution in [0.3, 0.4) is 0 Å². The lowest BCUT2D eigenvalue weighted by Crippen LogP contribution is -1.98. The molecule has 0 unspecified atom stereocenters. The second kappa shape index (κ2) is 4.00. The molecule has 0 fully saturated rings.